The normalized spacial score (nSPS) is 21.0. The highest BCUT2D eigenvalue weighted by atomic mass is 16.6. The van der Waals surface area contributed by atoms with Crippen molar-refractivity contribution in [3.05, 3.63) is 64.7 Å². The molecule has 1 amide bonds. The Bertz CT molecular complexity index is 1090. The molecule has 0 unspecified atom stereocenters. The number of piperidine rings is 1. The molecule has 2 aliphatic rings. The van der Waals surface area contributed by atoms with Gasteiger partial charge in [-0.05, 0) is 73.4 Å². The predicted octanol–water partition coefficient (Wildman–Crippen LogP) is 4.58. The summed E-state index contributed by atoms with van der Waals surface area (Å²) in [7, 11) is 1.63. The molecule has 2 aromatic rings. The highest BCUT2D eigenvalue weighted by Crippen LogP contribution is 2.47. The number of rotatable bonds is 8. The van der Waals surface area contributed by atoms with E-state index in [1.807, 2.05) is 54.3 Å². The van der Waals surface area contributed by atoms with Gasteiger partial charge in [0.15, 0.2) is 5.92 Å². The fourth-order valence-corrected chi connectivity index (χ4v) is 5.62. The van der Waals surface area contributed by atoms with Crippen LogP contribution in [0.5, 0.6) is 5.75 Å². The standard InChI is InChI=1S/C29H35NO6/c1-5-35-28(32)25(29(33)36-6-2)21-11-9-20-10-12-22-15-18(3)27(31)30(26(22)24(20)16-21)17-19-7-13-23(34-4)14-8-19/h7-9,11,13-14,16,18,22,25-26H,5-6,10,12,15,17H2,1-4H3/t18-,22+,26-/m0/s1. The topological polar surface area (TPSA) is 82.1 Å². The van der Waals surface area contributed by atoms with Gasteiger partial charge in [-0.25, -0.2) is 0 Å². The first kappa shape index (κ1) is 25.7. The van der Waals surface area contributed by atoms with Crippen LogP contribution in [0.25, 0.3) is 0 Å². The van der Waals surface area contributed by atoms with Crippen molar-refractivity contribution in [3.63, 3.8) is 0 Å². The molecule has 0 N–H and O–H groups in total. The van der Waals surface area contributed by atoms with Gasteiger partial charge in [0.1, 0.15) is 5.75 Å². The maximum Gasteiger partial charge on any atom is 0.324 e. The van der Waals surface area contributed by atoms with Crippen LogP contribution in [0, 0.1) is 11.8 Å². The number of hydrogen-bond donors (Lipinski definition) is 0. The summed E-state index contributed by atoms with van der Waals surface area (Å²) in [6.07, 6.45) is 2.72. The lowest BCUT2D eigenvalue weighted by atomic mass is 9.71. The fraction of sp³-hybridized carbons (Fsp3) is 0.483. The smallest absolute Gasteiger partial charge is 0.324 e. The van der Waals surface area contributed by atoms with Crippen molar-refractivity contribution in [2.75, 3.05) is 20.3 Å². The zero-order chi connectivity index (χ0) is 25.8. The number of carbonyl (C=O) groups is 3. The molecule has 0 saturated carbocycles. The predicted molar refractivity (Wildman–Crippen MR) is 134 cm³/mol. The van der Waals surface area contributed by atoms with Crippen molar-refractivity contribution >= 4 is 17.8 Å². The third-order valence-corrected chi connectivity index (χ3v) is 7.31. The molecule has 2 aromatic carbocycles. The minimum Gasteiger partial charge on any atom is -0.497 e. The molecule has 4 rings (SSSR count). The number of ether oxygens (including phenoxy) is 3. The minimum atomic E-state index is -1.15. The number of nitrogens with zero attached hydrogens (tertiary/aromatic N) is 1. The summed E-state index contributed by atoms with van der Waals surface area (Å²) in [6.45, 7) is 6.26. The van der Waals surface area contributed by atoms with E-state index in [2.05, 4.69) is 0 Å². The Morgan fingerprint density at radius 2 is 1.69 bits per heavy atom. The number of hydrogen-bond acceptors (Lipinski definition) is 6. The number of amides is 1. The molecule has 1 aliphatic heterocycles. The summed E-state index contributed by atoms with van der Waals surface area (Å²) in [5, 5.41) is 0. The molecule has 7 heteroatoms. The van der Waals surface area contributed by atoms with E-state index in [1.165, 1.54) is 0 Å². The molecule has 0 bridgehead atoms. The monoisotopic (exact) mass is 493 g/mol. The maximum absolute atomic E-state index is 13.5. The Morgan fingerprint density at radius 3 is 2.31 bits per heavy atom. The van der Waals surface area contributed by atoms with Crippen LogP contribution in [0.3, 0.4) is 0 Å². The Kier molecular flexibility index (Phi) is 7.97. The van der Waals surface area contributed by atoms with Gasteiger partial charge in [0.25, 0.3) is 0 Å². The number of benzene rings is 2. The molecular formula is C29H35NO6. The Balaban J connectivity index is 1.73. The molecule has 0 aromatic heterocycles. The van der Waals surface area contributed by atoms with Crippen molar-refractivity contribution in [3.8, 4) is 5.75 Å². The van der Waals surface area contributed by atoms with Crippen LogP contribution in [0.2, 0.25) is 0 Å². The third kappa shape index (κ3) is 5.11. The van der Waals surface area contributed by atoms with Crippen molar-refractivity contribution in [2.24, 2.45) is 11.8 Å². The highest BCUT2D eigenvalue weighted by molar-refractivity contribution is 6.01. The second kappa shape index (κ2) is 11.1. The van der Waals surface area contributed by atoms with E-state index >= 15 is 0 Å². The molecule has 1 fully saturated rings. The first-order chi connectivity index (χ1) is 17.4. The molecule has 3 atom stereocenters. The van der Waals surface area contributed by atoms with Crippen molar-refractivity contribution in [1.82, 2.24) is 4.90 Å². The van der Waals surface area contributed by atoms with E-state index in [9.17, 15) is 14.4 Å². The Labute approximate surface area is 212 Å². The van der Waals surface area contributed by atoms with E-state index < -0.39 is 17.9 Å². The summed E-state index contributed by atoms with van der Waals surface area (Å²) in [6, 6.07) is 13.4. The van der Waals surface area contributed by atoms with Crippen molar-refractivity contribution in [2.45, 2.75) is 58.5 Å². The lowest BCUT2D eigenvalue weighted by molar-refractivity contribution is -0.157. The number of fused-ring (bicyclic) bond motifs is 3. The molecule has 36 heavy (non-hydrogen) atoms. The first-order valence-electron chi connectivity index (χ1n) is 12.8. The van der Waals surface area contributed by atoms with Crippen molar-refractivity contribution in [1.29, 1.82) is 0 Å². The SMILES string of the molecule is CCOC(=O)C(C(=O)OCC)c1ccc2c(c1)[C@@H]1[C@H](CC2)C[C@H](C)C(=O)N1Cc1ccc(OC)cc1. The molecule has 192 valence electrons. The summed E-state index contributed by atoms with van der Waals surface area (Å²) in [5.74, 6) is -1.24. The van der Waals surface area contributed by atoms with Gasteiger partial charge < -0.3 is 19.1 Å². The Hall–Kier alpha value is -3.35. The zero-order valence-electron chi connectivity index (χ0n) is 21.5. The summed E-state index contributed by atoms with van der Waals surface area (Å²) < 4.78 is 15.7. The molecule has 1 heterocycles. The average Bonchev–Trinajstić information content (AvgIpc) is 2.87. The molecule has 1 saturated heterocycles. The number of carbonyl (C=O) groups excluding carboxylic acids is 3. The van der Waals surface area contributed by atoms with Crippen LogP contribution < -0.4 is 4.74 Å². The quantitative estimate of drug-likeness (QED) is 0.396. The van der Waals surface area contributed by atoms with E-state index in [0.717, 1.165) is 41.7 Å². The van der Waals surface area contributed by atoms with Crippen LogP contribution in [0.15, 0.2) is 42.5 Å². The van der Waals surface area contributed by atoms with Crippen LogP contribution in [-0.4, -0.2) is 43.1 Å². The highest BCUT2D eigenvalue weighted by Gasteiger charge is 2.43. The van der Waals surface area contributed by atoms with Gasteiger partial charge in [-0.1, -0.05) is 37.3 Å². The number of likely N-dealkylation sites (tertiary alicyclic amines) is 1. The summed E-state index contributed by atoms with van der Waals surface area (Å²) in [4.78, 5) is 41.0. The second-order valence-electron chi connectivity index (χ2n) is 9.59. The largest absolute Gasteiger partial charge is 0.497 e. The first-order valence-corrected chi connectivity index (χ1v) is 12.8. The van der Waals surface area contributed by atoms with Gasteiger partial charge in [0.05, 0.1) is 26.4 Å². The van der Waals surface area contributed by atoms with Gasteiger partial charge in [0, 0.05) is 12.5 Å². The van der Waals surface area contributed by atoms with Gasteiger partial charge in [0.2, 0.25) is 5.91 Å². The van der Waals surface area contributed by atoms with E-state index in [4.69, 9.17) is 14.2 Å². The second-order valence-corrected chi connectivity index (χ2v) is 9.59. The van der Waals surface area contributed by atoms with Gasteiger partial charge >= 0.3 is 11.9 Å². The zero-order valence-corrected chi connectivity index (χ0v) is 21.5. The van der Waals surface area contributed by atoms with E-state index in [1.54, 1.807) is 21.0 Å². The number of aryl methyl sites for hydroxylation is 1. The maximum atomic E-state index is 13.5. The van der Waals surface area contributed by atoms with Gasteiger partial charge in [-0.2, -0.15) is 0 Å². The minimum absolute atomic E-state index is 0.0546. The van der Waals surface area contributed by atoms with Crippen LogP contribution in [0.1, 0.15) is 67.8 Å². The van der Waals surface area contributed by atoms with Gasteiger partial charge in [-0.15, -0.1) is 0 Å². The van der Waals surface area contributed by atoms with Crippen molar-refractivity contribution < 1.29 is 28.6 Å². The lowest BCUT2D eigenvalue weighted by Gasteiger charge is -2.47. The van der Waals surface area contributed by atoms with E-state index in [-0.39, 0.29) is 31.1 Å². The third-order valence-electron chi connectivity index (χ3n) is 7.31. The number of methoxy groups -OCH3 is 1. The van der Waals surface area contributed by atoms with Crippen LogP contribution >= 0.6 is 0 Å². The Morgan fingerprint density at radius 1 is 1.03 bits per heavy atom. The molecule has 7 nitrogen and oxygen atoms in total. The number of esters is 2. The molecule has 1 aliphatic carbocycles. The molecular weight excluding hydrogens is 458 g/mol. The summed E-state index contributed by atoms with van der Waals surface area (Å²) in [5.41, 5.74) is 3.72. The molecule has 0 radical (unpaired) electrons. The fourth-order valence-electron chi connectivity index (χ4n) is 5.62. The lowest BCUT2D eigenvalue weighted by Crippen LogP contribution is -2.48. The van der Waals surface area contributed by atoms with E-state index in [0.29, 0.717) is 18.0 Å². The van der Waals surface area contributed by atoms with Crippen LogP contribution in [0.4, 0.5) is 0 Å². The van der Waals surface area contributed by atoms with Gasteiger partial charge in [-0.3, -0.25) is 14.4 Å². The summed E-state index contributed by atoms with van der Waals surface area (Å²) >= 11 is 0. The molecule has 0 spiro atoms. The van der Waals surface area contributed by atoms with Crippen LogP contribution in [-0.2, 0) is 36.8 Å². The average molecular weight is 494 g/mol.